The highest BCUT2D eigenvalue weighted by molar-refractivity contribution is 7.89. The van der Waals surface area contributed by atoms with Crippen molar-refractivity contribution in [2.45, 2.75) is 68.8 Å². The zero-order chi connectivity index (χ0) is 17.2. The minimum absolute atomic E-state index is 0.0590. The van der Waals surface area contributed by atoms with Crippen molar-refractivity contribution in [3.8, 4) is 0 Å². The molecule has 5 nitrogen and oxygen atoms in total. The molecule has 1 amide bonds. The number of sulfonamides is 1. The van der Waals surface area contributed by atoms with E-state index in [2.05, 4.69) is 4.72 Å². The van der Waals surface area contributed by atoms with Crippen molar-refractivity contribution in [2.24, 2.45) is 0 Å². The van der Waals surface area contributed by atoms with Crippen LogP contribution in [-0.4, -0.2) is 37.9 Å². The standard InChI is InChI=1S/C18H26N2O3S/c1-2-20(16-8-4-3-5-9-16)18(21)14-7-6-10-17(13-14)24(22,23)19-15-11-12-15/h6-7,10,13,15-16,19H,2-5,8-9,11-12H2,1H3. The molecule has 0 atom stereocenters. The average Bonchev–Trinajstić information content (AvgIpc) is 3.40. The molecule has 0 aliphatic heterocycles. The average molecular weight is 350 g/mol. The SMILES string of the molecule is CCN(C(=O)c1cccc(S(=O)(=O)NC2CC2)c1)C1CCCCC1. The third kappa shape index (κ3) is 3.98. The van der Waals surface area contributed by atoms with Crippen LogP contribution in [0.5, 0.6) is 0 Å². The molecule has 2 fully saturated rings. The van der Waals surface area contributed by atoms with E-state index in [0.29, 0.717) is 12.1 Å². The number of benzene rings is 1. The quantitative estimate of drug-likeness (QED) is 0.858. The molecular weight excluding hydrogens is 324 g/mol. The van der Waals surface area contributed by atoms with Crippen LogP contribution in [0.4, 0.5) is 0 Å². The summed E-state index contributed by atoms with van der Waals surface area (Å²) in [6.45, 7) is 2.64. The number of nitrogens with zero attached hydrogens (tertiary/aromatic N) is 1. The Labute approximate surface area is 144 Å². The first-order valence-electron chi connectivity index (χ1n) is 8.94. The molecule has 0 saturated heterocycles. The highest BCUT2D eigenvalue weighted by atomic mass is 32.2. The van der Waals surface area contributed by atoms with Crippen molar-refractivity contribution in [1.29, 1.82) is 0 Å². The minimum Gasteiger partial charge on any atom is -0.336 e. The molecular formula is C18H26N2O3S. The smallest absolute Gasteiger partial charge is 0.254 e. The molecule has 0 unspecified atom stereocenters. The first kappa shape index (κ1) is 17.4. The number of nitrogens with one attached hydrogen (secondary N) is 1. The van der Waals surface area contributed by atoms with E-state index in [1.54, 1.807) is 18.2 Å². The Balaban J connectivity index is 1.80. The Morgan fingerprint density at radius 2 is 1.88 bits per heavy atom. The molecule has 6 heteroatoms. The number of carbonyl (C=O) groups is 1. The lowest BCUT2D eigenvalue weighted by atomic mass is 9.93. The van der Waals surface area contributed by atoms with Crippen LogP contribution in [-0.2, 0) is 10.0 Å². The third-order valence-corrected chi connectivity index (χ3v) is 6.43. The van der Waals surface area contributed by atoms with Gasteiger partial charge in [0.2, 0.25) is 10.0 Å². The molecule has 0 heterocycles. The van der Waals surface area contributed by atoms with E-state index in [-0.39, 0.29) is 22.9 Å². The number of rotatable bonds is 6. The van der Waals surface area contributed by atoms with Gasteiger partial charge in [-0.25, -0.2) is 13.1 Å². The van der Waals surface area contributed by atoms with Gasteiger partial charge in [0.15, 0.2) is 0 Å². The summed E-state index contributed by atoms with van der Waals surface area (Å²) < 4.78 is 27.4. The highest BCUT2D eigenvalue weighted by Gasteiger charge is 2.29. The number of hydrogen-bond donors (Lipinski definition) is 1. The summed E-state index contributed by atoms with van der Waals surface area (Å²) in [5, 5.41) is 0. The summed E-state index contributed by atoms with van der Waals surface area (Å²) in [5.41, 5.74) is 0.459. The Morgan fingerprint density at radius 3 is 2.50 bits per heavy atom. The summed E-state index contributed by atoms with van der Waals surface area (Å²) >= 11 is 0. The molecule has 2 saturated carbocycles. The topological polar surface area (TPSA) is 66.5 Å². The summed E-state index contributed by atoms with van der Waals surface area (Å²) in [6, 6.07) is 6.77. The van der Waals surface area contributed by atoms with Gasteiger partial charge in [0.25, 0.3) is 5.91 Å². The fourth-order valence-corrected chi connectivity index (χ4v) is 4.76. The zero-order valence-electron chi connectivity index (χ0n) is 14.2. The molecule has 132 valence electrons. The third-order valence-electron chi connectivity index (χ3n) is 4.91. The molecule has 0 aromatic heterocycles. The van der Waals surface area contributed by atoms with Crippen molar-refractivity contribution >= 4 is 15.9 Å². The maximum atomic E-state index is 12.9. The predicted octanol–water partition coefficient (Wildman–Crippen LogP) is 2.92. The first-order chi connectivity index (χ1) is 11.5. The lowest BCUT2D eigenvalue weighted by molar-refractivity contribution is 0.0647. The maximum absolute atomic E-state index is 12.9. The van der Waals surface area contributed by atoms with Crippen LogP contribution in [0.3, 0.4) is 0 Å². The van der Waals surface area contributed by atoms with Crippen LogP contribution in [0.25, 0.3) is 0 Å². The number of hydrogen-bond acceptors (Lipinski definition) is 3. The van der Waals surface area contributed by atoms with E-state index in [9.17, 15) is 13.2 Å². The van der Waals surface area contributed by atoms with E-state index in [1.807, 2.05) is 11.8 Å². The fraction of sp³-hybridized carbons (Fsp3) is 0.611. The van der Waals surface area contributed by atoms with E-state index >= 15 is 0 Å². The molecule has 0 spiro atoms. The highest BCUT2D eigenvalue weighted by Crippen LogP contribution is 2.25. The van der Waals surface area contributed by atoms with Gasteiger partial charge >= 0.3 is 0 Å². The summed E-state index contributed by atoms with van der Waals surface area (Å²) in [6.07, 6.45) is 7.43. The molecule has 2 aliphatic carbocycles. The normalized spacial score (nSPS) is 19.2. The molecule has 3 rings (SSSR count). The Morgan fingerprint density at radius 1 is 1.17 bits per heavy atom. The number of carbonyl (C=O) groups excluding carboxylic acids is 1. The Kier molecular flexibility index (Phi) is 5.25. The summed E-state index contributed by atoms with van der Waals surface area (Å²) in [5.74, 6) is -0.0622. The second-order valence-corrected chi connectivity index (χ2v) is 8.52. The molecule has 2 aliphatic rings. The molecule has 0 bridgehead atoms. The second-order valence-electron chi connectivity index (χ2n) is 6.81. The van der Waals surface area contributed by atoms with Gasteiger partial charge < -0.3 is 4.90 Å². The van der Waals surface area contributed by atoms with Gasteiger partial charge in [0, 0.05) is 24.2 Å². The van der Waals surface area contributed by atoms with Crippen LogP contribution in [0.15, 0.2) is 29.2 Å². The zero-order valence-corrected chi connectivity index (χ0v) is 15.0. The molecule has 24 heavy (non-hydrogen) atoms. The molecule has 1 N–H and O–H groups in total. The van der Waals surface area contributed by atoms with Crippen LogP contribution in [0.1, 0.15) is 62.2 Å². The predicted molar refractivity (Wildman–Crippen MR) is 93.4 cm³/mol. The molecule has 1 aromatic carbocycles. The summed E-state index contributed by atoms with van der Waals surface area (Å²) in [7, 11) is -3.53. The second kappa shape index (κ2) is 7.23. The van der Waals surface area contributed by atoms with Crippen LogP contribution in [0.2, 0.25) is 0 Å². The van der Waals surface area contributed by atoms with Crippen LogP contribution in [0, 0.1) is 0 Å². The van der Waals surface area contributed by atoms with Gasteiger partial charge in [0.05, 0.1) is 4.90 Å². The monoisotopic (exact) mass is 350 g/mol. The van der Waals surface area contributed by atoms with Crippen LogP contribution >= 0.6 is 0 Å². The lowest BCUT2D eigenvalue weighted by Crippen LogP contribution is -2.41. The van der Waals surface area contributed by atoms with Gasteiger partial charge in [0.1, 0.15) is 0 Å². The summed E-state index contributed by atoms with van der Waals surface area (Å²) in [4.78, 5) is 15.0. The van der Waals surface area contributed by atoms with Gasteiger partial charge in [-0.05, 0) is 50.8 Å². The van der Waals surface area contributed by atoms with Gasteiger partial charge in [-0.2, -0.15) is 0 Å². The van der Waals surface area contributed by atoms with Crippen molar-refractivity contribution in [1.82, 2.24) is 9.62 Å². The first-order valence-corrected chi connectivity index (χ1v) is 10.4. The molecule has 1 aromatic rings. The van der Waals surface area contributed by atoms with Crippen molar-refractivity contribution in [3.05, 3.63) is 29.8 Å². The fourth-order valence-electron chi connectivity index (χ4n) is 3.41. The van der Waals surface area contributed by atoms with E-state index in [4.69, 9.17) is 0 Å². The van der Waals surface area contributed by atoms with E-state index in [0.717, 1.165) is 38.5 Å². The Hall–Kier alpha value is -1.40. The maximum Gasteiger partial charge on any atom is 0.254 e. The lowest BCUT2D eigenvalue weighted by Gasteiger charge is -2.33. The van der Waals surface area contributed by atoms with Gasteiger partial charge in [-0.15, -0.1) is 0 Å². The van der Waals surface area contributed by atoms with E-state index < -0.39 is 10.0 Å². The van der Waals surface area contributed by atoms with Gasteiger partial charge in [-0.3, -0.25) is 4.79 Å². The van der Waals surface area contributed by atoms with Gasteiger partial charge in [-0.1, -0.05) is 25.3 Å². The Bertz CT molecular complexity index is 692. The molecule has 0 radical (unpaired) electrons. The largest absolute Gasteiger partial charge is 0.336 e. The van der Waals surface area contributed by atoms with Crippen molar-refractivity contribution in [3.63, 3.8) is 0 Å². The van der Waals surface area contributed by atoms with Crippen LogP contribution < -0.4 is 4.72 Å². The van der Waals surface area contributed by atoms with Crippen molar-refractivity contribution < 1.29 is 13.2 Å². The van der Waals surface area contributed by atoms with E-state index in [1.165, 1.54) is 12.5 Å². The minimum atomic E-state index is -3.53. The number of amides is 1. The van der Waals surface area contributed by atoms with Crippen molar-refractivity contribution in [2.75, 3.05) is 6.54 Å².